The molecule has 1 aromatic heterocycles. The highest BCUT2D eigenvalue weighted by Crippen LogP contribution is 2.33. The van der Waals surface area contributed by atoms with Crippen LogP contribution in [0.5, 0.6) is 5.75 Å². The molecule has 10 heteroatoms. The molecule has 1 amide bonds. The molecule has 0 saturated carbocycles. The number of benzene rings is 3. The minimum Gasteiger partial charge on any atom is -0.497 e. The van der Waals surface area contributed by atoms with Gasteiger partial charge in [0.2, 0.25) is 5.95 Å². The summed E-state index contributed by atoms with van der Waals surface area (Å²) in [4.78, 5) is 27.5. The first-order valence-corrected chi connectivity index (χ1v) is 11.4. The van der Waals surface area contributed by atoms with E-state index in [2.05, 4.69) is 20.7 Å². The summed E-state index contributed by atoms with van der Waals surface area (Å²) in [5.74, 6) is 0.872. The van der Waals surface area contributed by atoms with Crippen LogP contribution in [-0.2, 0) is 4.79 Å². The molecule has 4 aromatic rings. The predicted octanol–water partition coefficient (Wildman–Crippen LogP) is 4.90. The number of anilines is 2. The number of nitro groups is 1. The van der Waals surface area contributed by atoms with Crippen molar-refractivity contribution < 1.29 is 14.5 Å². The van der Waals surface area contributed by atoms with E-state index >= 15 is 0 Å². The maximum Gasteiger partial charge on any atom is 0.270 e. The summed E-state index contributed by atoms with van der Waals surface area (Å²) >= 11 is 0. The number of carbonyl (C=O) groups excluding carboxylic acids is 1. The van der Waals surface area contributed by atoms with Crippen LogP contribution >= 0.6 is 0 Å². The van der Waals surface area contributed by atoms with Crippen LogP contribution in [0.15, 0.2) is 91.0 Å². The number of nitrogens with one attached hydrogen (secondary N) is 2. The third-order valence-electron chi connectivity index (χ3n) is 5.75. The number of aromatic nitrogens is 3. The van der Waals surface area contributed by atoms with Gasteiger partial charge in [0, 0.05) is 23.9 Å². The van der Waals surface area contributed by atoms with E-state index in [1.807, 2.05) is 60.7 Å². The number of ether oxygens (including phenoxy) is 1. The maximum absolute atomic E-state index is 12.6. The van der Waals surface area contributed by atoms with E-state index in [1.54, 1.807) is 23.9 Å². The van der Waals surface area contributed by atoms with Gasteiger partial charge in [-0.25, -0.2) is 4.68 Å². The molecule has 2 heterocycles. The van der Waals surface area contributed by atoms with Crippen LogP contribution in [0.1, 0.15) is 22.7 Å². The first-order chi connectivity index (χ1) is 18.0. The molecule has 3 aromatic carbocycles. The lowest BCUT2D eigenvalue weighted by Gasteiger charge is -2.24. The zero-order valence-electron chi connectivity index (χ0n) is 19.7. The van der Waals surface area contributed by atoms with Gasteiger partial charge in [-0.2, -0.15) is 4.98 Å². The predicted molar refractivity (Wildman–Crippen MR) is 140 cm³/mol. The molecule has 0 radical (unpaired) electrons. The Morgan fingerprint density at radius 2 is 1.89 bits per heavy atom. The van der Waals surface area contributed by atoms with Crippen molar-refractivity contribution in [2.24, 2.45) is 0 Å². The van der Waals surface area contributed by atoms with E-state index < -0.39 is 10.8 Å². The van der Waals surface area contributed by atoms with Gasteiger partial charge < -0.3 is 10.1 Å². The highest BCUT2D eigenvalue weighted by Gasteiger charge is 2.25. The van der Waals surface area contributed by atoms with Crippen molar-refractivity contribution >= 4 is 35.3 Å². The number of methoxy groups -OCH3 is 1. The smallest absolute Gasteiger partial charge is 0.270 e. The minimum absolute atomic E-state index is 0.0524. The van der Waals surface area contributed by atoms with Crippen molar-refractivity contribution in [2.75, 3.05) is 17.7 Å². The summed E-state index contributed by atoms with van der Waals surface area (Å²) in [6.07, 6.45) is 4.82. The first kappa shape index (κ1) is 23.5. The van der Waals surface area contributed by atoms with Crippen LogP contribution in [0.4, 0.5) is 17.6 Å². The van der Waals surface area contributed by atoms with E-state index in [0.29, 0.717) is 11.5 Å². The van der Waals surface area contributed by atoms with Gasteiger partial charge in [0.1, 0.15) is 11.8 Å². The molecule has 0 unspecified atom stereocenters. The van der Waals surface area contributed by atoms with Crippen LogP contribution in [0.25, 0.3) is 11.8 Å². The Bertz CT molecular complexity index is 1510. The van der Waals surface area contributed by atoms with Gasteiger partial charge in [0.05, 0.1) is 12.0 Å². The van der Waals surface area contributed by atoms with E-state index in [1.165, 1.54) is 24.3 Å². The number of hydrogen-bond donors (Lipinski definition) is 2. The number of allylic oxidation sites excluding steroid dienone is 1. The van der Waals surface area contributed by atoms with Gasteiger partial charge in [0.15, 0.2) is 0 Å². The Hall–Kier alpha value is -5.25. The standard InChI is InChI=1S/C27H22N6O4/c1-37-22-13-11-20(12-14-22)24-17-23(19-7-3-2-4-8-19)28-27-30-26(31-32(24)27)29-25(34)15-10-18-6-5-9-21(16-18)33(35)36/h2-17,24H,1H3,(H2,28,29,30,31,34)/b15-10+/t24-/m0/s1. The summed E-state index contributed by atoms with van der Waals surface area (Å²) in [5, 5.41) is 21.5. The van der Waals surface area contributed by atoms with Crippen LogP contribution in [0.2, 0.25) is 0 Å². The lowest BCUT2D eigenvalue weighted by atomic mass is 10.0. The maximum atomic E-state index is 12.6. The van der Waals surface area contributed by atoms with Gasteiger partial charge in [-0.15, -0.1) is 5.10 Å². The Morgan fingerprint density at radius 3 is 2.62 bits per heavy atom. The molecular formula is C27H22N6O4. The topological polar surface area (TPSA) is 124 Å². The second kappa shape index (κ2) is 10.2. The Balaban J connectivity index is 1.41. The van der Waals surface area contributed by atoms with Gasteiger partial charge in [0.25, 0.3) is 17.5 Å². The third-order valence-corrected chi connectivity index (χ3v) is 5.75. The fourth-order valence-corrected chi connectivity index (χ4v) is 3.94. The van der Waals surface area contributed by atoms with E-state index in [9.17, 15) is 14.9 Å². The highest BCUT2D eigenvalue weighted by atomic mass is 16.6. The number of nitro benzene ring substituents is 1. The van der Waals surface area contributed by atoms with Gasteiger partial charge in [-0.1, -0.05) is 54.6 Å². The molecule has 1 aliphatic rings. The monoisotopic (exact) mass is 494 g/mol. The number of rotatable bonds is 7. The molecule has 5 rings (SSSR count). The van der Waals surface area contributed by atoms with Crippen LogP contribution in [-0.4, -0.2) is 32.7 Å². The lowest BCUT2D eigenvalue weighted by molar-refractivity contribution is -0.384. The molecule has 0 spiro atoms. The Morgan fingerprint density at radius 1 is 1.11 bits per heavy atom. The Kier molecular flexibility index (Phi) is 6.45. The average molecular weight is 495 g/mol. The fraction of sp³-hybridized carbons (Fsp3) is 0.0741. The van der Waals surface area contributed by atoms with E-state index in [4.69, 9.17) is 4.74 Å². The second-order valence-corrected chi connectivity index (χ2v) is 8.17. The number of non-ortho nitro benzene ring substituents is 1. The molecule has 37 heavy (non-hydrogen) atoms. The van der Waals surface area contributed by atoms with Gasteiger partial charge in [-0.05, 0) is 41.0 Å². The molecule has 1 aliphatic heterocycles. The lowest BCUT2D eigenvalue weighted by Crippen LogP contribution is -2.20. The van der Waals surface area contributed by atoms with Crippen molar-refractivity contribution in [1.29, 1.82) is 0 Å². The number of carbonyl (C=O) groups is 1. The van der Waals surface area contributed by atoms with Crippen LogP contribution in [0, 0.1) is 10.1 Å². The molecule has 0 fully saturated rings. The second-order valence-electron chi connectivity index (χ2n) is 8.17. The summed E-state index contributed by atoms with van der Waals surface area (Å²) in [6.45, 7) is 0. The molecule has 10 nitrogen and oxygen atoms in total. The molecular weight excluding hydrogens is 472 g/mol. The number of nitrogens with zero attached hydrogens (tertiary/aromatic N) is 4. The normalized spacial score (nSPS) is 14.4. The zero-order valence-corrected chi connectivity index (χ0v) is 19.7. The molecule has 0 saturated heterocycles. The Labute approximate surface area is 212 Å². The van der Waals surface area contributed by atoms with Crippen molar-refractivity contribution in [3.05, 3.63) is 118 Å². The molecule has 0 aliphatic carbocycles. The van der Waals surface area contributed by atoms with Crippen molar-refractivity contribution in [1.82, 2.24) is 14.8 Å². The average Bonchev–Trinajstić information content (AvgIpc) is 3.34. The number of hydrogen-bond acceptors (Lipinski definition) is 7. The van der Waals surface area contributed by atoms with Crippen molar-refractivity contribution in [3.63, 3.8) is 0 Å². The fourth-order valence-electron chi connectivity index (χ4n) is 3.94. The largest absolute Gasteiger partial charge is 0.497 e. The number of fused-ring (bicyclic) bond motifs is 1. The van der Waals surface area contributed by atoms with Crippen molar-refractivity contribution in [2.45, 2.75) is 6.04 Å². The number of amides is 1. The van der Waals surface area contributed by atoms with Crippen molar-refractivity contribution in [3.8, 4) is 5.75 Å². The third kappa shape index (κ3) is 5.22. The van der Waals surface area contributed by atoms with Crippen LogP contribution in [0.3, 0.4) is 0 Å². The van der Waals surface area contributed by atoms with E-state index in [0.717, 1.165) is 22.6 Å². The summed E-state index contributed by atoms with van der Waals surface area (Å²) in [5.41, 5.74) is 3.29. The highest BCUT2D eigenvalue weighted by molar-refractivity contribution is 6.01. The SMILES string of the molecule is COc1ccc([C@@H]2C=C(c3ccccc3)Nc3nc(NC(=O)/C=C/c4cccc([N+](=O)[O-])c4)nn32)cc1. The van der Waals surface area contributed by atoms with Gasteiger partial charge >= 0.3 is 0 Å². The molecule has 2 N–H and O–H groups in total. The summed E-state index contributed by atoms with van der Waals surface area (Å²) in [6, 6.07) is 23.3. The summed E-state index contributed by atoms with van der Waals surface area (Å²) in [7, 11) is 1.62. The molecule has 1 atom stereocenters. The quantitative estimate of drug-likeness (QED) is 0.213. The first-order valence-electron chi connectivity index (χ1n) is 11.4. The molecule has 184 valence electrons. The molecule has 0 bridgehead atoms. The van der Waals surface area contributed by atoms with Gasteiger partial charge in [-0.3, -0.25) is 20.2 Å². The van der Waals surface area contributed by atoms with Crippen LogP contribution < -0.4 is 15.4 Å². The minimum atomic E-state index is -0.485. The summed E-state index contributed by atoms with van der Waals surface area (Å²) < 4.78 is 6.99. The zero-order chi connectivity index (χ0) is 25.8. The van der Waals surface area contributed by atoms with E-state index in [-0.39, 0.29) is 17.7 Å².